The Hall–Kier alpha value is -3.15. The number of pyridine rings is 1. The van der Waals surface area contributed by atoms with Crippen molar-refractivity contribution >= 4 is 11.7 Å². The van der Waals surface area contributed by atoms with Crippen molar-refractivity contribution in [2.24, 2.45) is 11.3 Å². The van der Waals surface area contributed by atoms with E-state index in [4.69, 9.17) is 4.42 Å². The van der Waals surface area contributed by atoms with Crippen LogP contribution in [0, 0.1) is 17.2 Å². The third kappa shape index (κ3) is 5.16. The maximum Gasteiger partial charge on any atom is 0.240 e. The minimum atomic E-state index is -0.227. The molecule has 0 saturated carbocycles. The fourth-order valence-electron chi connectivity index (χ4n) is 6.00. The number of aryl methyl sites for hydroxylation is 1. The molecule has 196 valence electrons. The molecule has 3 aromatic rings. The Labute approximate surface area is 219 Å². The molecule has 2 unspecified atom stereocenters. The summed E-state index contributed by atoms with van der Waals surface area (Å²) < 4.78 is 19.4. The molecule has 1 aliphatic carbocycles. The molecule has 5 nitrogen and oxygen atoms in total. The van der Waals surface area contributed by atoms with Gasteiger partial charge in [-0.15, -0.1) is 0 Å². The first-order chi connectivity index (χ1) is 17.5. The van der Waals surface area contributed by atoms with Crippen molar-refractivity contribution in [1.29, 1.82) is 0 Å². The van der Waals surface area contributed by atoms with Crippen molar-refractivity contribution < 1.29 is 13.6 Å². The van der Waals surface area contributed by atoms with Gasteiger partial charge in [0.25, 0.3) is 0 Å². The first-order valence-electron chi connectivity index (χ1n) is 13.4. The molecule has 6 heteroatoms. The van der Waals surface area contributed by atoms with Crippen molar-refractivity contribution in [3.8, 4) is 11.1 Å². The van der Waals surface area contributed by atoms with Crippen LogP contribution in [0.2, 0.25) is 0 Å². The topological polar surface area (TPSA) is 58.4 Å². The monoisotopic (exact) mass is 503 g/mol. The Balaban J connectivity index is 1.31. The van der Waals surface area contributed by atoms with Crippen LogP contribution >= 0.6 is 0 Å². The summed E-state index contributed by atoms with van der Waals surface area (Å²) in [5.74, 6) is 2.24. The van der Waals surface area contributed by atoms with E-state index >= 15 is 0 Å². The summed E-state index contributed by atoms with van der Waals surface area (Å²) >= 11 is 0. The number of aromatic nitrogens is 1. The minimum absolute atomic E-state index is 0.0537. The molecule has 2 atom stereocenters. The Bertz CT molecular complexity index is 1270. The number of hydrogen-bond acceptors (Lipinski definition) is 4. The molecule has 0 radical (unpaired) electrons. The summed E-state index contributed by atoms with van der Waals surface area (Å²) in [6.45, 7) is 11.2. The second-order valence-corrected chi connectivity index (χ2v) is 12.4. The van der Waals surface area contributed by atoms with Gasteiger partial charge in [0.2, 0.25) is 5.91 Å². The van der Waals surface area contributed by atoms with Crippen LogP contribution in [0.15, 0.2) is 53.3 Å². The Morgan fingerprint density at radius 1 is 1.11 bits per heavy atom. The quantitative estimate of drug-likeness (QED) is 0.393. The van der Waals surface area contributed by atoms with Gasteiger partial charge in [-0.05, 0) is 66.2 Å². The number of fused-ring (bicyclic) bond motifs is 1. The van der Waals surface area contributed by atoms with Crippen LogP contribution in [0.4, 0.5) is 10.2 Å². The number of carbonyl (C=O) groups is 1. The third-order valence-electron chi connectivity index (χ3n) is 8.39. The zero-order valence-electron chi connectivity index (χ0n) is 22.6. The first-order valence-corrected chi connectivity index (χ1v) is 13.4. The number of nitrogens with zero attached hydrogens (tertiary/aromatic N) is 2. The zero-order valence-corrected chi connectivity index (χ0v) is 22.6. The van der Waals surface area contributed by atoms with E-state index in [0.29, 0.717) is 12.3 Å². The summed E-state index contributed by atoms with van der Waals surface area (Å²) in [4.78, 5) is 17.2. The molecule has 1 aromatic carbocycles. The van der Waals surface area contributed by atoms with Gasteiger partial charge in [0.15, 0.2) is 5.82 Å². The van der Waals surface area contributed by atoms with E-state index in [1.165, 1.54) is 17.7 Å². The van der Waals surface area contributed by atoms with Crippen molar-refractivity contribution in [2.45, 2.75) is 84.6 Å². The number of anilines is 1. The molecule has 5 rings (SSSR count). The first kappa shape index (κ1) is 25.5. The lowest BCUT2D eigenvalue weighted by molar-refractivity contribution is -0.119. The molecule has 1 aliphatic heterocycles. The summed E-state index contributed by atoms with van der Waals surface area (Å²) in [6, 6.07) is 10.8. The molecule has 1 amide bonds. The normalized spacial score (nSPS) is 20.2. The number of rotatable bonds is 6. The molecule has 0 bridgehead atoms. The summed E-state index contributed by atoms with van der Waals surface area (Å²) in [6.07, 6.45) is 8.99. The lowest BCUT2D eigenvalue weighted by Gasteiger charge is -2.38. The van der Waals surface area contributed by atoms with Crippen LogP contribution in [0.25, 0.3) is 11.1 Å². The predicted octanol–water partition coefficient (Wildman–Crippen LogP) is 7.00. The molecule has 1 N–H and O–H groups in total. The van der Waals surface area contributed by atoms with Crippen molar-refractivity contribution in [1.82, 2.24) is 10.4 Å². The van der Waals surface area contributed by atoms with Crippen LogP contribution in [-0.2, 0) is 23.1 Å². The number of benzene rings is 1. The average molecular weight is 504 g/mol. The van der Waals surface area contributed by atoms with Gasteiger partial charge in [-0.25, -0.2) is 9.37 Å². The molecule has 2 aromatic heterocycles. The molecule has 0 spiro atoms. The third-order valence-corrected chi connectivity index (χ3v) is 8.39. The SMILES string of the molecule is CC(C)(C)c1cccnc1N1NC(=O)CC1CCC(C)(C)C1CCc2occ(-c3ccc(F)cc3)c2C1. The molecule has 3 heterocycles. The molecule has 1 fully saturated rings. The number of halogens is 1. The van der Waals surface area contributed by atoms with Crippen LogP contribution in [0.3, 0.4) is 0 Å². The van der Waals surface area contributed by atoms with Gasteiger partial charge in [-0.2, -0.15) is 0 Å². The number of carbonyl (C=O) groups excluding carboxylic acids is 1. The van der Waals surface area contributed by atoms with Crippen LogP contribution in [-0.4, -0.2) is 16.9 Å². The Morgan fingerprint density at radius 3 is 2.59 bits per heavy atom. The highest BCUT2D eigenvalue weighted by atomic mass is 19.1. The summed E-state index contributed by atoms with van der Waals surface area (Å²) in [5, 5.41) is 2.01. The number of nitrogens with one attached hydrogen (secondary N) is 1. The van der Waals surface area contributed by atoms with Crippen molar-refractivity contribution in [2.75, 3.05) is 5.01 Å². The fraction of sp³-hybridized carbons (Fsp3) is 0.484. The Morgan fingerprint density at radius 2 is 1.86 bits per heavy atom. The van der Waals surface area contributed by atoms with E-state index in [0.717, 1.165) is 60.4 Å². The zero-order chi connectivity index (χ0) is 26.4. The summed E-state index contributed by atoms with van der Waals surface area (Å²) in [5.41, 5.74) is 7.57. The summed E-state index contributed by atoms with van der Waals surface area (Å²) in [7, 11) is 0. The molecular formula is C31H38FN3O2. The molecule has 37 heavy (non-hydrogen) atoms. The van der Waals surface area contributed by atoms with E-state index in [9.17, 15) is 9.18 Å². The van der Waals surface area contributed by atoms with Crippen molar-refractivity contribution in [3.63, 3.8) is 0 Å². The van der Waals surface area contributed by atoms with Gasteiger partial charge in [-0.3, -0.25) is 15.2 Å². The van der Waals surface area contributed by atoms with Gasteiger partial charge in [0, 0.05) is 29.3 Å². The van der Waals surface area contributed by atoms with E-state index in [-0.39, 0.29) is 28.6 Å². The van der Waals surface area contributed by atoms with Gasteiger partial charge in [0.05, 0.1) is 18.7 Å². The second-order valence-electron chi connectivity index (χ2n) is 12.4. The van der Waals surface area contributed by atoms with Crippen molar-refractivity contribution in [3.05, 3.63) is 71.6 Å². The largest absolute Gasteiger partial charge is 0.468 e. The van der Waals surface area contributed by atoms with Gasteiger partial charge in [0.1, 0.15) is 11.6 Å². The predicted molar refractivity (Wildman–Crippen MR) is 145 cm³/mol. The highest BCUT2D eigenvalue weighted by Crippen LogP contribution is 2.45. The van der Waals surface area contributed by atoms with Gasteiger partial charge >= 0.3 is 0 Å². The van der Waals surface area contributed by atoms with Gasteiger partial charge in [-0.1, -0.05) is 52.8 Å². The highest BCUT2D eigenvalue weighted by molar-refractivity contribution is 5.82. The number of hydrogen-bond donors (Lipinski definition) is 1. The molecule has 1 saturated heterocycles. The minimum Gasteiger partial charge on any atom is -0.468 e. The average Bonchev–Trinajstić information content (AvgIpc) is 3.45. The van der Waals surface area contributed by atoms with Gasteiger partial charge < -0.3 is 4.42 Å². The van der Waals surface area contributed by atoms with E-state index in [2.05, 4.69) is 51.1 Å². The van der Waals surface area contributed by atoms with Crippen LogP contribution < -0.4 is 10.4 Å². The molecule has 2 aliphatic rings. The fourth-order valence-corrected chi connectivity index (χ4v) is 6.00. The van der Waals surface area contributed by atoms with E-state index in [1.807, 2.05) is 29.5 Å². The number of hydrazine groups is 1. The second kappa shape index (κ2) is 9.62. The maximum absolute atomic E-state index is 13.5. The highest BCUT2D eigenvalue weighted by Gasteiger charge is 2.39. The number of amides is 1. The standard InChI is InChI=1S/C31H38FN3O2/c1-30(2,3)26-7-6-16-33-29(26)35-23(18-28(36)34-35)14-15-31(4,5)21-10-13-27-24(17-21)25(19-37-27)20-8-11-22(32)12-9-20/h6-9,11-12,16,19,21,23H,10,13-15,17-18H2,1-5H3,(H,34,36). The molecular weight excluding hydrogens is 465 g/mol. The van der Waals surface area contributed by atoms with Crippen LogP contribution in [0.5, 0.6) is 0 Å². The van der Waals surface area contributed by atoms with E-state index < -0.39 is 0 Å². The Kier molecular flexibility index (Phi) is 6.63. The lowest BCUT2D eigenvalue weighted by atomic mass is 9.67. The van der Waals surface area contributed by atoms with E-state index in [1.54, 1.807) is 6.20 Å². The lowest BCUT2D eigenvalue weighted by Crippen LogP contribution is -2.41. The van der Waals surface area contributed by atoms with Crippen LogP contribution in [0.1, 0.15) is 77.2 Å². The number of furan rings is 1. The maximum atomic E-state index is 13.5. The smallest absolute Gasteiger partial charge is 0.240 e.